The molecule has 0 radical (unpaired) electrons. The van der Waals surface area contributed by atoms with Crippen LogP contribution in [0.3, 0.4) is 0 Å². The van der Waals surface area contributed by atoms with Crippen LogP contribution in [0.5, 0.6) is 5.75 Å². The van der Waals surface area contributed by atoms with Crippen LogP contribution in [0.25, 0.3) is 11.1 Å². The standard InChI is InChI=1S/C19H15ClN4O2/c20-19-23-16-8-10-25-17(16)18(24-19)22-11-13-4-6-15(7-5-13)26-12-14-3-1-2-9-21-14/h1-10H,11-12H2,(H,22,23,24). The molecule has 0 bridgehead atoms. The molecule has 1 aromatic carbocycles. The molecule has 7 heteroatoms. The third-order valence-electron chi connectivity index (χ3n) is 3.77. The maximum absolute atomic E-state index is 5.94. The Bertz CT molecular complexity index is 1000. The Morgan fingerprint density at radius 3 is 2.73 bits per heavy atom. The van der Waals surface area contributed by atoms with Gasteiger partial charge in [-0.25, -0.2) is 4.98 Å². The number of fused-ring (bicyclic) bond motifs is 1. The highest BCUT2D eigenvalue weighted by Crippen LogP contribution is 2.23. The summed E-state index contributed by atoms with van der Waals surface area (Å²) in [6.07, 6.45) is 3.32. The summed E-state index contributed by atoms with van der Waals surface area (Å²) in [5, 5.41) is 3.41. The van der Waals surface area contributed by atoms with Crippen LogP contribution in [0.1, 0.15) is 11.3 Å². The van der Waals surface area contributed by atoms with E-state index in [1.807, 2.05) is 42.5 Å². The van der Waals surface area contributed by atoms with E-state index in [1.165, 1.54) is 0 Å². The fourth-order valence-electron chi connectivity index (χ4n) is 2.49. The van der Waals surface area contributed by atoms with Crippen LogP contribution in [0, 0.1) is 0 Å². The van der Waals surface area contributed by atoms with Gasteiger partial charge in [-0.15, -0.1) is 0 Å². The molecule has 0 saturated carbocycles. The Balaban J connectivity index is 1.39. The lowest BCUT2D eigenvalue weighted by Crippen LogP contribution is -2.03. The monoisotopic (exact) mass is 366 g/mol. The molecule has 0 saturated heterocycles. The van der Waals surface area contributed by atoms with Crippen LogP contribution in [0.15, 0.2) is 65.4 Å². The molecule has 1 N–H and O–H groups in total. The second-order valence-corrected chi connectivity index (χ2v) is 5.92. The van der Waals surface area contributed by atoms with E-state index in [-0.39, 0.29) is 5.28 Å². The van der Waals surface area contributed by atoms with Crippen molar-refractivity contribution in [3.63, 3.8) is 0 Å². The van der Waals surface area contributed by atoms with E-state index in [0.717, 1.165) is 17.0 Å². The minimum Gasteiger partial charge on any atom is -0.487 e. The summed E-state index contributed by atoms with van der Waals surface area (Å²) in [5.74, 6) is 1.36. The van der Waals surface area contributed by atoms with Gasteiger partial charge in [0.25, 0.3) is 0 Å². The summed E-state index contributed by atoms with van der Waals surface area (Å²) < 4.78 is 11.2. The van der Waals surface area contributed by atoms with Gasteiger partial charge in [-0.3, -0.25) is 4.98 Å². The second kappa shape index (κ2) is 7.41. The Kier molecular flexibility index (Phi) is 4.66. The van der Waals surface area contributed by atoms with E-state index in [2.05, 4.69) is 20.3 Å². The topological polar surface area (TPSA) is 73.1 Å². The van der Waals surface area contributed by atoms with E-state index >= 15 is 0 Å². The summed E-state index contributed by atoms with van der Waals surface area (Å²) in [6, 6.07) is 15.3. The number of hydrogen-bond donors (Lipinski definition) is 1. The van der Waals surface area contributed by atoms with Gasteiger partial charge < -0.3 is 14.5 Å². The molecule has 0 aliphatic heterocycles. The molecule has 0 atom stereocenters. The SMILES string of the molecule is Clc1nc(NCc2ccc(OCc3ccccn3)cc2)c2occc2n1. The number of nitrogens with zero attached hydrogens (tertiary/aromatic N) is 3. The van der Waals surface area contributed by atoms with Gasteiger partial charge in [0.2, 0.25) is 5.28 Å². The van der Waals surface area contributed by atoms with Gasteiger partial charge >= 0.3 is 0 Å². The molecule has 0 aliphatic carbocycles. The second-order valence-electron chi connectivity index (χ2n) is 5.58. The number of benzene rings is 1. The number of anilines is 1. The van der Waals surface area contributed by atoms with Gasteiger partial charge in [0, 0.05) is 18.8 Å². The maximum Gasteiger partial charge on any atom is 0.225 e. The third kappa shape index (κ3) is 3.75. The minimum absolute atomic E-state index is 0.180. The summed E-state index contributed by atoms with van der Waals surface area (Å²) >= 11 is 5.94. The third-order valence-corrected chi connectivity index (χ3v) is 3.94. The molecule has 130 valence electrons. The van der Waals surface area contributed by atoms with Crippen LogP contribution in [0.2, 0.25) is 5.28 Å². The van der Waals surface area contributed by atoms with E-state index in [0.29, 0.717) is 30.1 Å². The Morgan fingerprint density at radius 2 is 1.92 bits per heavy atom. The smallest absolute Gasteiger partial charge is 0.225 e. The van der Waals surface area contributed by atoms with Crippen LogP contribution in [0.4, 0.5) is 5.82 Å². The summed E-state index contributed by atoms with van der Waals surface area (Å²) in [4.78, 5) is 12.5. The van der Waals surface area contributed by atoms with Crippen molar-refractivity contribution in [2.75, 3.05) is 5.32 Å². The Labute approximate surface area is 154 Å². The molecule has 3 heterocycles. The van der Waals surface area contributed by atoms with E-state index in [9.17, 15) is 0 Å². The largest absolute Gasteiger partial charge is 0.487 e. The maximum atomic E-state index is 5.94. The van der Waals surface area contributed by atoms with Gasteiger partial charge in [-0.2, -0.15) is 4.98 Å². The first-order valence-electron chi connectivity index (χ1n) is 8.04. The number of aromatic nitrogens is 3. The summed E-state index contributed by atoms with van der Waals surface area (Å²) in [6.45, 7) is 1.01. The summed E-state index contributed by atoms with van der Waals surface area (Å²) in [7, 11) is 0. The van der Waals surface area contributed by atoms with Crippen molar-refractivity contribution >= 4 is 28.5 Å². The van der Waals surface area contributed by atoms with Crippen molar-refractivity contribution in [1.29, 1.82) is 0 Å². The van der Waals surface area contributed by atoms with Crippen LogP contribution in [-0.2, 0) is 13.2 Å². The van der Waals surface area contributed by atoms with Crippen molar-refractivity contribution in [2.24, 2.45) is 0 Å². The summed E-state index contributed by atoms with van der Waals surface area (Å²) in [5.41, 5.74) is 3.22. The van der Waals surface area contributed by atoms with E-state index in [1.54, 1.807) is 18.5 Å². The predicted molar refractivity (Wildman–Crippen MR) is 99.2 cm³/mol. The molecule has 3 aromatic heterocycles. The Morgan fingerprint density at radius 1 is 1.04 bits per heavy atom. The molecule has 6 nitrogen and oxygen atoms in total. The van der Waals surface area contributed by atoms with Crippen molar-refractivity contribution < 1.29 is 9.15 Å². The van der Waals surface area contributed by atoms with Crippen molar-refractivity contribution in [3.8, 4) is 5.75 Å². The fraction of sp³-hybridized carbons (Fsp3) is 0.105. The molecule has 26 heavy (non-hydrogen) atoms. The molecule has 0 unspecified atom stereocenters. The number of rotatable bonds is 6. The predicted octanol–water partition coefficient (Wildman–Crippen LogP) is 4.46. The van der Waals surface area contributed by atoms with Crippen molar-refractivity contribution in [3.05, 3.63) is 77.5 Å². The lowest BCUT2D eigenvalue weighted by atomic mass is 10.2. The number of pyridine rings is 1. The molecule has 4 aromatic rings. The number of ether oxygens (including phenoxy) is 1. The number of halogens is 1. The van der Waals surface area contributed by atoms with Crippen LogP contribution >= 0.6 is 11.6 Å². The highest BCUT2D eigenvalue weighted by atomic mass is 35.5. The zero-order chi connectivity index (χ0) is 17.8. The molecule has 0 amide bonds. The normalized spacial score (nSPS) is 10.8. The molecular formula is C19H15ClN4O2. The van der Waals surface area contributed by atoms with E-state index < -0.39 is 0 Å². The molecule has 0 fully saturated rings. The van der Waals surface area contributed by atoms with Gasteiger partial charge in [0.1, 0.15) is 17.9 Å². The molecular weight excluding hydrogens is 352 g/mol. The lowest BCUT2D eigenvalue weighted by molar-refractivity contribution is 0.301. The van der Waals surface area contributed by atoms with Crippen molar-refractivity contribution in [1.82, 2.24) is 15.0 Å². The first-order chi connectivity index (χ1) is 12.8. The molecule has 0 spiro atoms. The van der Waals surface area contributed by atoms with E-state index in [4.69, 9.17) is 20.8 Å². The van der Waals surface area contributed by atoms with Crippen molar-refractivity contribution in [2.45, 2.75) is 13.2 Å². The minimum atomic E-state index is 0.180. The zero-order valence-electron chi connectivity index (χ0n) is 13.7. The first kappa shape index (κ1) is 16.4. The van der Waals surface area contributed by atoms with Crippen LogP contribution in [-0.4, -0.2) is 15.0 Å². The average Bonchev–Trinajstić information content (AvgIpc) is 3.14. The Hall–Kier alpha value is -3.12. The zero-order valence-corrected chi connectivity index (χ0v) is 14.5. The van der Waals surface area contributed by atoms with Gasteiger partial charge in [0.05, 0.1) is 12.0 Å². The lowest BCUT2D eigenvalue weighted by Gasteiger charge is -2.08. The molecule has 4 rings (SSSR count). The first-order valence-corrected chi connectivity index (χ1v) is 8.42. The highest BCUT2D eigenvalue weighted by molar-refractivity contribution is 6.28. The average molecular weight is 367 g/mol. The number of hydrogen-bond acceptors (Lipinski definition) is 6. The molecule has 0 aliphatic rings. The highest BCUT2D eigenvalue weighted by Gasteiger charge is 2.09. The number of nitrogens with one attached hydrogen (secondary N) is 1. The van der Waals surface area contributed by atoms with Crippen LogP contribution < -0.4 is 10.1 Å². The quantitative estimate of drug-likeness (QED) is 0.508. The fourth-order valence-corrected chi connectivity index (χ4v) is 2.66. The van der Waals surface area contributed by atoms with Gasteiger partial charge in [0.15, 0.2) is 11.4 Å². The van der Waals surface area contributed by atoms with Gasteiger partial charge in [-0.1, -0.05) is 18.2 Å². The number of furan rings is 1. The van der Waals surface area contributed by atoms with Gasteiger partial charge in [-0.05, 0) is 41.4 Å².